The van der Waals surface area contributed by atoms with Crippen molar-refractivity contribution in [1.82, 2.24) is 15.0 Å². The second-order valence-corrected chi connectivity index (χ2v) is 8.62. The van der Waals surface area contributed by atoms with E-state index < -0.39 is 15.9 Å². The van der Waals surface area contributed by atoms with Gasteiger partial charge < -0.3 is 5.32 Å². The Hall–Kier alpha value is -3.98. The Balaban J connectivity index is 1.62. The lowest BCUT2D eigenvalue weighted by atomic mass is 10.2. The topological polar surface area (TPSA) is 97.2 Å². The Labute approximate surface area is 179 Å². The van der Waals surface area contributed by atoms with Crippen molar-refractivity contribution in [3.63, 3.8) is 0 Å². The van der Waals surface area contributed by atoms with Crippen LogP contribution in [-0.4, -0.2) is 36.4 Å². The molecule has 0 spiro atoms. The zero-order chi connectivity index (χ0) is 21.8. The number of anilines is 2. The molecular formula is C22H19N5O3S. The van der Waals surface area contributed by atoms with E-state index in [0.717, 1.165) is 0 Å². The molecule has 8 nitrogen and oxygen atoms in total. The summed E-state index contributed by atoms with van der Waals surface area (Å²) < 4.78 is 28.8. The second kappa shape index (κ2) is 8.41. The molecule has 31 heavy (non-hydrogen) atoms. The van der Waals surface area contributed by atoms with Crippen LogP contribution in [0.25, 0.3) is 5.69 Å². The summed E-state index contributed by atoms with van der Waals surface area (Å²) in [7, 11) is -2.36. The summed E-state index contributed by atoms with van der Waals surface area (Å²) in [5.41, 5.74) is 1.91. The van der Waals surface area contributed by atoms with E-state index in [1.165, 1.54) is 34.4 Å². The van der Waals surface area contributed by atoms with Gasteiger partial charge in [0, 0.05) is 12.6 Å². The number of hydrogen-bond donors (Lipinski definition) is 1. The maximum atomic E-state index is 13.1. The highest BCUT2D eigenvalue weighted by Crippen LogP contribution is 2.24. The molecule has 0 saturated heterocycles. The number of hydrogen-bond acceptors (Lipinski definition) is 5. The number of sulfonamides is 1. The monoisotopic (exact) mass is 433 g/mol. The standard InChI is InChI=1S/C22H19N5O3S/c1-26(18-9-3-2-4-10-18)31(29,30)19-11-7-8-17(16-19)22(28)24-20-12-5-6-13-21(20)27-15-14-23-25-27/h2-16H,1H3,(H,24,28). The quantitative estimate of drug-likeness (QED) is 0.503. The van der Waals surface area contributed by atoms with Crippen LogP contribution in [0.3, 0.4) is 0 Å². The molecule has 0 aliphatic rings. The maximum absolute atomic E-state index is 13.1. The van der Waals surface area contributed by atoms with Crippen LogP contribution in [0.2, 0.25) is 0 Å². The van der Waals surface area contributed by atoms with E-state index in [1.54, 1.807) is 60.8 Å². The van der Waals surface area contributed by atoms with E-state index in [9.17, 15) is 13.2 Å². The van der Waals surface area contributed by atoms with E-state index in [0.29, 0.717) is 17.1 Å². The van der Waals surface area contributed by atoms with E-state index in [-0.39, 0.29) is 10.5 Å². The lowest BCUT2D eigenvalue weighted by Crippen LogP contribution is -2.26. The predicted octanol–water partition coefficient (Wildman–Crippen LogP) is 3.34. The number of amides is 1. The molecule has 0 aliphatic heterocycles. The minimum Gasteiger partial charge on any atom is -0.320 e. The smallest absolute Gasteiger partial charge is 0.264 e. The van der Waals surface area contributed by atoms with Gasteiger partial charge in [0.15, 0.2) is 0 Å². The third-order valence-electron chi connectivity index (χ3n) is 4.70. The number of nitrogens with zero attached hydrogens (tertiary/aromatic N) is 4. The van der Waals surface area contributed by atoms with Crippen LogP contribution >= 0.6 is 0 Å². The van der Waals surface area contributed by atoms with Crippen molar-refractivity contribution in [2.45, 2.75) is 4.90 Å². The molecule has 9 heteroatoms. The summed E-state index contributed by atoms with van der Waals surface area (Å²) in [6.07, 6.45) is 3.20. The Kier molecular flexibility index (Phi) is 5.50. The van der Waals surface area contributed by atoms with E-state index >= 15 is 0 Å². The molecule has 1 heterocycles. The number of rotatable bonds is 6. The van der Waals surface area contributed by atoms with Gasteiger partial charge >= 0.3 is 0 Å². The van der Waals surface area contributed by atoms with Crippen LogP contribution in [0.5, 0.6) is 0 Å². The van der Waals surface area contributed by atoms with Crippen molar-refractivity contribution in [1.29, 1.82) is 0 Å². The SMILES string of the molecule is CN(c1ccccc1)S(=O)(=O)c1cccc(C(=O)Nc2ccccc2-n2ccnn2)c1. The van der Waals surface area contributed by atoms with Gasteiger partial charge in [-0.05, 0) is 42.5 Å². The number of carbonyl (C=O) groups is 1. The molecule has 0 atom stereocenters. The van der Waals surface area contributed by atoms with E-state index in [2.05, 4.69) is 15.6 Å². The normalized spacial score (nSPS) is 11.1. The van der Waals surface area contributed by atoms with Crippen molar-refractivity contribution < 1.29 is 13.2 Å². The summed E-state index contributed by atoms with van der Waals surface area (Å²) >= 11 is 0. The summed E-state index contributed by atoms with van der Waals surface area (Å²) in [5.74, 6) is -0.438. The lowest BCUT2D eigenvalue weighted by molar-refractivity contribution is 0.102. The molecule has 0 aliphatic carbocycles. The Bertz CT molecular complexity index is 1310. The number of benzene rings is 3. The van der Waals surface area contributed by atoms with Gasteiger partial charge in [0.1, 0.15) is 0 Å². The summed E-state index contributed by atoms with van der Waals surface area (Å²) in [6, 6.07) is 21.8. The molecule has 0 unspecified atom stereocenters. The molecule has 0 radical (unpaired) electrons. The van der Waals surface area contributed by atoms with Crippen molar-refractivity contribution in [3.05, 3.63) is 96.8 Å². The molecular weight excluding hydrogens is 414 g/mol. The fraction of sp³-hybridized carbons (Fsp3) is 0.0455. The van der Waals surface area contributed by atoms with E-state index in [4.69, 9.17) is 0 Å². The van der Waals surface area contributed by atoms with Crippen LogP contribution in [-0.2, 0) is 10.0 Å². The molecule has 0 fully saturated rings. The molecule has 0 saturated carbocycles. The molecule has 1 aromatic heterocycles. The second-order valence-electron chi connectivity index (χ2n) is 6.65. The van der Waals surface area contributed by atoms with Crippen molar-refractivity contribution in [3.8, 4) is 5.69 Å². The van der Waals surface area contributed by atoms with Crippen LogP contribution in [0, 0.1) is 0 Å². The molecule has 1 amide bonds. The summed E-state index contributed by atoms with van der Waals surface area (Å²) in [4.78, 5) is 12.9. The van der Waals surface area contributed by atoms with Gasteiger partial charge in [-0.15, -0.1) is 5.10 Å². The third-order valence-corrected chi connectivity index (χ3v) is 6.48. The van der Waals surface area contributed by atoms with Crippen LogP contribution in [0.4, 0.5) is 11.4 Å². The number of carbonyl (C=O) groups excluding carboxylic acids is 1. The molecule has 4 aromatic rings. The van der Waals surface area contributed by atoms with Crippen LogP contribution < -0.4 is 9.62 Å². The zero-order valence-corrected chi connectivity index (χ0v) is 17.4. The van der Waals surface area contributed by atoms with Gasteiger partial charge in [-0.2, -0.15) is 0 Å². The Morgan fingerprint density at radius 2 is 1.71 bits per heavy atom. The molecule has 156 valence electrons. The maximum Gasteiger partial charge on any atom is 0.264 e. The number of aromatic nitrogens is 3. The third kappa shape index (κ3) is 4.17. The minimum absolute atomic E-state index is 0.0241. The first kappa shape index (κ1) is 20.3. The van der Waals surface area contributed by atoms with Crippen molar-refractivity contribution in [2.75, 3.05) is 16.7 Å². The van der Waals surface area contributed by atoms with Crippen molar-refractivity contribution >= 4 is 27.3 Å². The Morgan fingerprint density at radius 1 is 0.968 bits per heavy atom. The van der Waals surface area contributed by atoms with Gasteiger partial charge in [-0.3, -0.25) is 9.10 Å². The lowest BCUT2D eigenvalue weighted by Gasteiger charge is -2.19. The van der Waals surface area contributed by atoms with Crippen LogP contribution in [0.1, 0.15) is 10.4 Å². The molecule has 4 rings (SSSR count). The first-order chi connectivity index (χ1) is 15.0. The summed E-state index contributed by atoms with van der Waals surface area (Å²) in [6.45, 7) is 0. The van der Waals surface area contributed by atoms with Gasteiger partial charge in [0.25, 0.3) is 15.9 Å². The average Bonchev–Trinajstić information content (AvgIpc) is 3.34. The minimum atomic E-state index is -3.83. The van der Waals surface area contributed by atoms with Gasteiger partial charge in [0.05, 0.1) is 34.4 Å². The first-order valence-electron chi connectivity index (χ1n) is 9.38. The molecule has 3 aromatic carbocycles. The number of nitrogens with one attached hydrogen (secondary N) is 1. The van der Waals surface area contributed by atoms with Gasteiger partial charge in [-0.1, -0.05) is 41.6 Å². The molecule has 0 bridgehead atoms. The van der Waals surface area contributed by atoms with Gasteiger partial charge in [0.2, 0.25) is 0 Å². The number of para-hydroxylation sites is 3. The Morgan fingerprint density at radius 3 is 2.45 bits per heavy atom. The highest BCUT2D eigenvalue weighted by molar-refractivity contribution is 7.92. The van der Waals surface area contributed by atoms with Crippen LogP contribution in [0.15, 0.2) is 96.2 Å². The average molecular weight is 433 g/mol. The fourth-order valence-electron chi connectivity index (χ4n) is 3.04. The van der Waals surface area contributed by atoms with Gasteiger partial charge in [-0.25, -0.2) is 13.1 Å². The van der Waals surface area contributed by atoms with E-state index in [1.807, 2.05) is 12.1 Å². The zero-order valence-electron chi connectivity index (χ0n) is 16.6. The highest BCUT2D eigenvalue weighted by Gasteiger charge is 2.22. The van der Waals surface area contributed by atoms with Crippen molar-refractivity contribution in [2.24, 2.45) is 0 Å². The predicted molar refractivity (Wildman–Crippen MR) is 118 cm³/mol. The fourth-order valence-corrected chi connectivity index (χ4v) is 4.28. The largest absolute Gasteiger partial charge is 0.320 e. The first-order valence-corrected chi connectivity index (χ1v) is 10.8. The highest BCUT2D eigenvalue weighted by atomic mass is 32.2. The summed E-state index contributed by atoms with van der Waals surface area (Å²) in [5, 5.41) is 10.6. The molecule has 1 N–H and O–H groups in total.